The number of hydrogen-bond acceptors (Lipinski definition) is 2. The number of carbonyl (C=O) groups is 1. The maximum Gasteiger partial charge on any atom is 0.224 e. The van der Waals surface area contributed by atoms with E-state index in [2.05, 4.69) is 16.3 Å². The molecule has 2 aliphatic rings. The molecule has 1 saturated heterocycles. The van der Waals surface area contributed by atoms with Crippen LogP contribution in [0.1, 0.15) is 24.8 Å². The minimum Gasteiger partial charge on any atom is -0.371 e. The number of hydrogen-bond donors (Lipinski definition) is 1. The van der Waals surface area contributed by atoms with Gasteiger partial charge in [-0.05, 0) is 37.0 Å². The molecule has 0 aliphatic carbocycles. The Morgan fingerprint density at radius 2 is 1.94 bits per heavy atom. The molecule has 16 heavy (non-hydrogen) atoms. The van der Waals surface area contributed by atoms with Gasteiger partial charge in [0.05, 0.1) is 0 Å². The molecule has 2 aliphatic heterocycles. The SMILES string of the molecule is O=C1CCc2c(cccc2N2CCCC2)N1. The zero-order chi connectivity index (χ0) is 11.0. The number of benzene rings is 1. The zero-order valence-corrected chi connectivity index (χ0v) is 9.33. The van der Waals surface area contributed by atoms with Gasteiger partial charge in [0.1, 0.15) is 0 Å². The van der Waals surface area contributed by atoms with E-state index in [0.29, 0.717) is 6.42 Å². The molecule has 3 heteroatoms. The van der Waals surface area contributed by atoms with Crippen molar-refractivity contribution in [2.24, 2.45) is 0 Å². The van der Waals surface area contributed by atoms with Gasteiger partial charge in [0, 0.05) is 30.9 Å². The average Bonchev–Trinajstić information content (AvgIpc) is 2.81. The minimum absolute atomic E-state index is 0.145. The lowest BCUT2D eigenvalue weighted by Gasteiger charge is -2.26. The number of amides is 1. The first-order valence-corrected chi connectivity index (χ1v) is 6.01. The van der Waals surface area contributed by atoms with Gasteiger partial charge < -0.3 is 10.2 Å². The second-order valence-electron chi connectivity index (χ2n) is 4.55. The van der Waals surface area contributed by atoms with Gasteiger partial charge >= 0.3 is 0 Å². The summed E-state index contributed by atoms with van der Waals surface area (Å²) in [6.45, 7) is 2.31. The van der Waals surface area contributed by atoms with Crippen LogP contribution < -0.4 is 10.2 Å². The first-order valence-electron chi connectivity index (χ1n) is 6.01. The minimum atomic E-state index is 0.145. The summed E-state index contributed by atoms with van der Waals surface area (Å²) in [5.74, 6) is 0.145. The molecule has 1 aromatic carbocycles. The molecule has 1 fully saturated rings. The number of nitrogens with one attached hydrogen (secondary N) is 1. The molecule has 2 heterocycles. The Kier molecular flexibility index (Phi) is 2.31. The van der Waals surface area contributed by atoms with Gasteiger partial charge in [0.25, 0.3) is 0 Å². The van der Waals surface area contributed by atoms with E-state index in [0.717, 1.165) is 25.2 Å². The average molecular weight is 216 g/mol. The van der Waals surface area contributed by atoms with E-state index in [4.69, 9.17) is 0 Å². The Hall–Kier alpha value is -1.51. The third-order valence-corrected chi connectivity index (χ3v) is 3.47. The molecule has 1 amide bonds. The fourth-order valence-corrected chi connectivity index (χ4v) is 2.66. The van der Waals surface area contributed by atoms with Gasteiger partial charge in [-0.3, -0.25) is 4.79 Å². The van der Waals surface area contributed by atoms with Gasteiger partial charge in [-0.15, -0.1) is 0 Å². The molecule has 0 spiro atoms. The molecule has 3 rings (SSSR count). The van der Waals surface area contributed by atoms with Gasteiger partial charge in [0.2, 0.25) is 5.91 Å². The van der Waals surface area contributed by atoms with Crippen LogP contribution in [0, 0.1) is 0 Å². The maximum absolute atomic E-state index is 11.3. The predicted molar refractivity (Wildman–Crippen MR) is 64.8 cm³/mol. The summed E-state index contributed by atoms with van der Waals surface area (Å²) in [5.41, 5.74) is 3.67. The molecular formula is C13H16N2O. The number of fused-ring (bicyclic) bond motifs is 1. The molecule has 0 aromatic heterocycles. The van der Waals surface area contributed by atoms with E-state index < -0.39 is 0 Å². The van der Waals surface area contributed by atoms with E-state index in [9.17, 15) is 4.79 Å². The lowest BCUT2D eigenvalue weighted by molar-refractivity contribution is -0.116. The Morgan fingerprint density at radius 3 is 2.75 bits per heavy atom. The van der Waals surface area contributed by atoms with Gasteiger partial charge in [-0.1, -0.05) is 6.07 Å². The molecule has 0 radical (unpaired) electrons. The lowest BCUT2D eigenvalue weighted by Crippen LogP contribution is -2.24. The van der Waals surface area contributed by atoms with Gasteiger partial charge in [0.15, 0.2) is 0 Å². The third kappa shape index (κ3) is 1.56. The van der Waals surface area contributed by atoms with E-state index in [-0.39, 0.29) is 5.91 Å². The highest BCUT2D eigenvalue weighted by atomic mass is 16.1. The Morgan fingerprint density at radius 1 is 1.12 bits per heavy atom. The standard InChI is InChI=1S/C13H16N2O/c16-13-7-6-10-11(14-13)4-3-5-12(10)15-8-1-2-9-15/h3-5H,1-2,6-9H2,(H,14,16). The lowest BCUT2D eigenvalue weighted by atomic mass is 10.0. The first-order chi connectivity index (χ1) is 7.84. The van der Waals surface area contributed by atoms with Crippen molar-refractivity contribution in [3.8, 4) is 0 Å². The van der Waals surface area contributed by atoms with E-state index >= 15 is 0 Å². The van der Waals surface area contributed by atoms with Crippen molar-refractivity contribution in [1.29, 1.82) is 0 Å². The van der Waals surface area contributed by atoms with Crippen molar-refractivity contribution in [3.63, 3.8) is 0 Å². The predicted octanol–water partition coefficient (Wildman–Crippen LogP) is 2.17. The van der Waals surface area contributed by atoms with Crippen molar-refractivity contribution in [3.05, 3.63) is 23.8 Å². The summed E-state index contributed by atoms with van der Waals surface area (Å²) in [5, 5.41) is 2.96. The first kappa shape index (κ1) is 9.70. The third-order valence-electron chi connectivity index (χ3n) is 3.47. The normalized spacial score (nSPS) is 19.5. The number of anilines is 2. The van der Waals surface area contributed by atoms with E-state index in [1.165, 1.54) is 24.1 Å². The Labute approximate surface area is 95.4 Å². The number of rotatable bonds is 1. The van der Waals surface area contributed by atoms with Crippen molar-refractivity contribution >= 4 is 17.3 Å². The van der Waals surface area contributed by atoms with Crippen LogP contribution in [0.5, 0.6) is 0 Å². The van der Waals surface area contributed by atoms with E-state index in [1.54, 1.807) is 0 Å². The van der Waals surface area contributed by atoms with Gasteiger partial charge in [-0.2, -0.15) is 0 Å². The summed E-state index contributed by atoms with van der Waals surface area (Å²) in [7, 11) is 0. The van der Waals surface area contributed by atoms with Crippen LogP contribution in [0.4, 0.5) is 11.4 Å². The molecule has 1 N–H and O–H groups in total. The second-order valence-corrected chi connectivity index (χ2v) is 4.55. The smallest absolute Gasteiger partial charge is 0.224 e. The summed E-state index contributed by atoms with van der Waals surface area (Å²) in [6, 6.07) is 6.23. The molecule has 84 valence electrons. The fraction of sp³-hybridized carbons (Fsp3) is 0.462. The highest BCUT2D eigenvalue weighted by Gasteiger charge is 2.21. The quantitative estimate of drug-likeness (QED) is 0.780. The van der Waals surface area contributed by atoms with Crippen LogP contribution >= 0.6 is 0 Å². The molecule has 3 nitrogen and oxygen atoms in total. The molecule has 0 bridgehead atoms. The summed E-state index contributed by atoms with van der Waals surface area (Å²) in [4.78, 5) is 13.8. The summed E-state index contributed by atoms with van der Waals surface area (Å²) >= 11 is 0. The molecule has 0 unspecified atom stereocenters. The molecule has 0 atom stereocenters. The molecule has 1 aromatic rings. The fourth-order valence-electron chi connectivity index (χ4n) is 2.66. The number of carbonyl (C=O) groups excluding carboxylic acids is 1. The topological polar surface area (TPSA) is 32.3 Å². The van der Waals surface area contributed by atoms with E-state index in [1.807, 2.05) is 12.1 Å². The highest BCUT2D eigenvalue weighted by Crippen LogP contribution is 2.33. The van der Waals surface area contributed by atoms with Crippen LogP contribution in [0.15, 0.2) is 18.2 Å². The van der Waals surface area contributed by atoms with Crippen LogP contribution in [0.3, 0.4) is 0 Å². The van der Waals surface area contributed by atoms with Crippen LogP contribution in [-0.2, 0) is 11.2 Å². The molecular weight excluding hydrogens is 200 g/mol. The van der Waals surface area contributed by atoms with Gasteiger partial charge in [-0.25, -0.2) is 0 Å². The van der Waals surface area contributed by atoms with Crippen molar-refractivity contribution in [2.45, 2.75) is 25.7 Å². The monoisotopic (exact) mass is 216 g/mol. The van der Waals surface area contributed by atoms with Crippen LogP contribution in [-0.4, -0.2) is 19.0 Å². The van der Waals surface area contributed by atoms with Crippen molar-refractivity contribution in [1.82, 2.24) is 0 Å². The van der Waals surface area contributed by atoms with Crippen LogP contribution in [0.2, 0.25) is 0 Å². The number of nitrogens with zero attached hydrogens (tertiary/aromatic N) is 1. The Balaban J connectivity index is 1.99. The second kappa shape index (κ2) is 3.81. The van der Waals surface area contributed by atoms with Crippen molar-refractivity contribution < 1.29 is 4.79 Å². The van der Waals surface area contributed by atoms with Crippen LogP contribution in [0.25, 0.3) is 0 Å². The highest BCUT2D eigenvalue weighted by molar-refractivity contribution is 5.95. The summed E-state index contributed by atoms with van der Waals surface area (Å²) in [6.07, 6.45) is 4.08. The maximum atomic E-state index is 11.3. The Bertz CT molecular complexity index is 422. The zero-order valence-electron chi connectivity index (χ0n) is 9.33. The summed E-state index contributed by atoms with van der Waals surface area (Å²) < 4.78 is 0. The largest absolute Gasteiger partial charge is 0.371 e. The van der Waals surface area contributed by atoms with Crippen molar-refractivity contribution in [2.75, 3.05) is 23.3 Å². The molecule has 0 saturated carbocycles.